The Kier molecular flexibility index (Phi) is 7.83. The summed E-state index contributed by atoms with van der Waals surface area (Å²) >= 11 is 1.13. The van der Waals surface area contributed by atoms with Gasteiger partial charge in [0.2, 0.25) is 11.8 Å². The van der Waals surface area contributed by atoms with Crippen molar-refractivity contribution in [3.05, 3.63) is 41.3 Å². The van der Waals surface area contributed by atoms with Crippen LogP contribution < -0.4 is 5.32 Å². The molecular formula is C27H36N2O4S. The van der Waals surface area contributed by atoms with Crippen molar-refractivity contribution < 1.29 is 18.7 Å². The van der Waals surface area contributed by atoms with Crippen LogP contribution in [0.25, 0.3) is 11.5 Å². The van der Waals surface area contributed by atoms with E-state index in [-0.39, 0.29) is 27.9 Å². The van der Waals surface area contributed by atoms with Crippen LogP contribution in [0.1, 0.15) is 83.2 Å². The summed E-state index contributed by atoms with van der Waals surface area (Å²) in [6.45, 7) is 9.16. The van der Waals surface area contributed by atoms with Crippen LogP contribution in [0.2, 0.25) is 0 Å². The summed E-state index contributed by atoms with van der Waals surface area (Å²) in [5.74, 6) is 1.93. The highest BCUT2D eigenvalue weighted by Crippen LogP contribution is 2.34. The fourth-order valence-corrected chi connectivity index (χ4v) is 5.67. The van der Waals surface area contributed by atoms with Gasteiger partial charge < -0.3 is 9.15 Å². The number of benzene rings is 1. The van der Waals surface area contributed by atoms with E-state index in [1.54, 1.807) is 0 Å². The minimum Gasteiger partial charge on any atom is -0.441 e. The zero-order chi connectivity index (χ0) is 24.3. The van der Waals surface area contributed by atoms with E-state index in [2.05, 4.69) is 57.3 Å². The first-order chi connectivity index (χ1) is 16.2. The van der Waals surface area contributed by atoms with E-state index in [0.29, 0.717) is 18.4 Å². The molecule has 0 radical (unpaired) electrons. The Hall–Kier alpha value is -2.12. The second kappa shape index (κ2) is 10.6. The average Bonchev–Trinajstić information content (AvgIpc) is 3.37. The van der Waals surface area contributed by atoms with E-state index in [0.717, 1.165) is 73.7 Å². The summed E-state index contributed by atoms with van der Waals surface area (Å²) in [7, 11) is 0. The highest BCUT2D eigenvalue weighted by Gasteiger charge is 2.32. The lowest BCUT2D eigenvalue weighted by atomic mass is 9.84. The van der Waals surface area contributed by atoms with Gasteiger partial charge in [0.15, 0.2) is 0 Å². The van der Waals surface area contributed by atoms with E-state index < -0.39 is 0 Å². The Balaban J connectivity index is 1.32. The summed E-state index contributed by atoms with van der Waals surface area (Å²) in [4.78, 5) is 28.0. The highest BCUT2D eigenvalue weighted by molar-refractivity contribution is 8.15. The Morgan fingerprint density at radius 3 is 2.56 bits per heavy atom. The first-order valence-corrected chi connectivity index (χ1v) is 13.3. The lowest BCUT2D eigenvalue weighted by Gasteiger charge is -2.29. The summed E-state index contributed by atoms with van der Waals surface area (Å²) in [5.41, 5.74) is 3.27. The van der Waals surface area contributed by atoms with Gasteiger partial charge in [0, 0.05) is 12.0 Å². The Morgan fingerprint density at radius 1 is 1.15 bits per heavy atom. The van der Waals surface area contributed by atoms with Gasteiger partial charge in [-0.3, -0.25) is 14.9 Å². The van der Waals surface area contributed by atoms with Gasteiger partial charge in [0.05, 0.1) is 18.0 Å². The maximum Gasteiger partial charge on any atom is 0.286 e. The van der Waals surface area contributed by atoms with Crippen molar-refractivity contribution in [2.75, 3.05) is 0 Å². The number of nitrogens with one attached hydrogen (secondary N) is 1. The third-order valence-corrected chi connectivity index (χ3v) is 7.94. The van der Waals surface area contributed by atoms with Gasteiger partial charge in [-0.05, 0) is 54.7 Å². The van der Waals surface area contributed by atoms with Crippen LogP contribution in [0.5, 0.6) is 0 Å². The number of rotatable bonds is 8. The Labute approximate surface area is 206 Å². The number of carbonyl (C=O) groups excluding carboxylic acids is 2. The summed E-state index contributed by atoms with van der Waals surface area (Å²) in [6, 6.07) is 8.46. The van der Waals surface area contributed by atoms with Gasteiger partial charge >= 0.3 is 0 Å². The van der Waals surface area contributed by atoms with Crippen molar-refractivity contribution in [1.82, 2.24) is 10.3 Å². The van der Waals surface area contributed by atoms with Crippen molar-refractivity contribution in [3.8, 4) is 11.5 Å². The van der Waals surface area contributed by atoms with Gasteiger partial charge in [-0.15, -0.1) is 0 Å². The molecule has 2 aromatic rings. The molecule has 184 valence electrons. The smallest absolute Gasteiger partial charge is 0.286 e. The first kappa shape index (κ1) is 25.0. The molecule has 1 aromatic heterocycles. The van der Waals surface area contributed by atoms with Crippen LogP contribution in [-0.2, 0) is 28.0 Å². The summed E-state index contributed by atoms with van der Waals surface area (Å²) in [5, 5.41) is 1.93. The molecule has 2 fully saturated rings. The number of imide groups is 1. The van der Waals surface area contributed by atoms with Crippen molar-refractivity contribution in [1.29, 1.82) is 0 Å². The van der Waals surface area contributed by atoms with Crippen LogP contribution in [0.4, 0.5) is 4.79 Å². The van der Waals surface area contributed by atoms with Gasteiger partial charge in [0.25, 0.3) is 5.24 Å². The van der Waals surface area contributed by atoms with E-state index in [9.17, 15) is 9.59 Å². The molecule has 2 heterocycles. The minimum atomic E-state index is -0.230. The van der Waals surface area contributed by atoms with Crippen molar-refractivity contribution in [2.45, 2.75) is 96.0 Å². The number of thioether (sulfide) groups is 1. The molecule has 1 unspecified atom stereocenters. The first-order valence-electron chi connectivity index (χ1n) is 12.5. The number of nitrogens with zero attached hydrogens (tertiary/aromatic N) is 1. The Bertz CT molecular complexity index is 1010. The van der Waals surface area contributed by atoms with Crippen LogP contribution in [0, 0.1) is 5.92 Å². The number of aryl methyl sites for hydroxylation is 1. The van der Waals surface area contributed by atoms with Crippen LogP contribution in [0.15, 0.2) is 28.7 Å². The van der Waals surface area contributed by atoms with Crippen LogP contribution in [0.3, 0.4) is 0 Å². The monoisotopic (exact) mass is 484 g/mol. The molecule has 0 bridgehead atoms. The normalized spacial score (nSPS) is 23.4. The zero-order valence-corrected chi connectivity index (χ0v) is 21.5. The molecule has 2 aliphatic rings. The molecular weight excluding hydrogens is 448 g/mol. The van der Waals surface area contributed by atoms with Crippen molar-refractivity contribution in [2.24, 2.45) is 5.92 Å². The zero-order valence-electron chi connectivity index (χ0n) is 20.7. The van der Waals surface area contributed by atoms with Gasteiger partial charge in [0.1, 0.15) is 11.5 Å². The largest absolute Gasteiger partial charge is 0.441 e. The van der Waals surface area contributed by atoms with Crippen molar-refractivity contribution >= 4 is 22.9 Å². The lowest BCUT2D eigenvalue weighted by molar-refractivity contribution is -0.119. The second-order valence-electron chi connectivity index (χ2n) is 10.5. The molecule has 1 aromatic carbocycles. The number of ether oxygens (including phenoxy) is 1. The van der Waals surface area contributed by atoms with Gasteiger partial charge in [-0.1, -0.05) is 64.4 Å². The number of aromatic nitrogens is 1. The standard InChI is InChI=1S/C27H36N2O4S/c1-5-22-21(28-25(33-22)18-10-12-19(13-11-18)27(2,3)4)16-32-20-8-6-7-17(15-20)9-14-23-24(30)29-26(31)34-23/h10-13,17,20,23H,5-9,14-16H2,1-4H3,(H,29,30,31)/t17-,20-,23?/m0/s1. The fraction of sp³-hybridized carbons (Fsp3) is 0.593. The fourth-order valence-electron chi connectivity index (χ4n) is 4.83. The highest BCUT2D eigenvalue weighted by atomic mass is 32.2. The number of oxazole rings is 1. The Morgan fingerprint density at radius 2 is 1.91 bits per heavy atom. The SMILES string of the molecule is CCc1oc(-c2ccc(C(C)(C)C)cc2)nc1CO[C@H]1CCC[C@@H](CCC2SC(=O)NC2=O)C1. The quantitative estimate of drug-likeness (QED) is 0.466. The molecule has 7 heteroatoms. The molecule has 4 rings (SSSR count). The molecule has 1 aliphatic heterocycles. The molecule has 2 amide bonds. The molecule has 34 heavy (non-hydrogen) atoms. The molecule has 6 nitrogen and oxygen atoms in total. The van der Waals surface area contributed by atoms with E-state index in [1.165, 1.54) is 5.56 Å². The molecule has 1 N–H and O–H groups in total. The van der Waals surface area contributed by atoms with E-state index in [1.807, 2.05) is 0 Å². The van der Waals surface area contributed by atoms with E-state index in [4.69, 9.17) is 14.1 Å². The average molecular weight is 485 g/mol. The van der Waals surface area contributed by atoms with Crippen molar-refractivity contribution in [3.63, 3.8) is 0 Å². The maximum atomic E-state index is 11.8. The number of hydrogen-bond donors (Lipinski definition) is 1. The number of hydrogen-bond acceptors (Lipinski definition) is 6. The maximum absolute atomic E-state index is 11.8. The number of carbonyl (C=O) groups is 2. The minimum absolute atomic E-state index is 0.111. The lowest BCUT2D eigenvalue weighted by Crippen LogP contribution is -2.26. The summed E-state index contributed by atoms with van der Waals surface area (Å²) < 4.78 is 12.4. The van der Waals surface area contributed by atoms with Gasteiger partial charge in [-0.25, -0.2) is 4.98 Å². The number of amides is 2. The predicted octanol–water partition coefficient (Wildman–Crippen LogP) is 6.41. The predicted molar refractivity (Wildman–Crippen MR) is 135 cm³/mol. The molecule has 1 aliphatic carbocycles. The topological polar surface area (TPSA) is 81.4 Å². The molecule has 0 spiro atoms. The third kappa shape index (κ3) is 6.11. The molecule has 1 saturated carbocycles. The second-order valence-corrected chi connectivity index (χ2v) is 11.7. The third-order valence-electron chi connectivity index (χ3n) is 6.89. The summed E-state index contributed by atoms with van der Waals surface area (Å²) in [6.07, 6.45) is 7.01. The van der Waals surface area contributed by atoms with Crippen LogP contribution >= 0.6 is 11.8 Å². The molecule has 3 atom stereocenters. The van der Waals surface area contributed by atoms with E-state index >= 15 is 0 Å². The van der Waals surface area contributed by atoms with Crippen LogP contribution in [-0.4, -0.2) is 27.5 Å². The van der Waals surface area contributed by atoms with Gasteiger partial charge in [-0.2, -0.15) is 0 Å². The molecule has 1 saturated heterocycles.